The molecule has 1 aliphatic rings. The number of Topliss-reactive ketones (excluding diaryl/α,β-unsaturated/α-hetero) is 2. The van der Waals surface area contributed by atoms with Crippen LogP contribution >= 0.6 is 11.3 Å². The van der Waals surface area contributed by atoms with Crippen molar-refractivity contribution in [3.05, 3.63) is 45.9 Å². The number of likely N-dealkylation sites (tertiary alicyclic amines) is 1. The Morgan fingerprint density at radius 1 is 0.987 bits per heavy atom. The van der Waals surface area contributed by atoms with Crippen LogP contribution in [0.25, 0.3) is 0 Å². The number of carbonyl (C=O) groups excluding carboxylic acids is 8. The fourth-order valence-electron chi connectivity index (χ4n) is 8.93. The van der Waals surface area contributed by atoms with Gasteiger partial charge in [0, 0.05) is 68.5 Å². The lowest BCUT2D eigenvalue weighted by molar-refractivity contribution is -0.213. The summed E-state index contributed by atoms with van der Waals surface area (Å²) in [6, 6.07) is 3.56. The zero-order chi connectivity index (χ0) is 59.0. The number of anilines is 1. The van der Waals surface area contributed by atoms with Gasteiger partial charge < -0.3 is 42.0 Å². The van der Waals surface area contributed by atoms with Gasteiger partial charge >= 0.3 is 17.9 Å². The second-order valence-electron chi connectivity index (χ2n) is 21.2. The summed E-state index contributed by atoms with van der Waals surface area (Å²) in [7, 11) is 1.89. The van der Waals surface area contributed by atoms with Crippen molar-refractivity contribution in [1.29, 1.82) is 0 Å². The van der Waals surface area contributed by atoms with Crippen molar-refractivity contribution >= 4 is 76.0 Å². The normalized spacial score (nSPS) is 15.9. The van der Waals surface area contributed by atoms with Gasteiger partial charge in [0.2, 0.25) is 17.7 Å². The number of hydrogen-bond donors (Lipinski definition) is 7. The molecule has 22 nitrogen and oxygen atoms in total. The van der Waals surface area contributed by atoms with Crippen LogP contribution in [0, 0.1) is 35.5 Å². The number of piperidine rings is 1. The Labute approximate surface area is 467 Å². The molecule has 2 heterocycles. The molecule has 1 aliphatic heterocycles. The molecule has 1 saturated heterocycles. The maximum absolute atomic E-state index is 14.8. The Balaban J connectivity index is 1.87. The van der Waals surface area contributed by atoms with Crippen LogP contribution in [0.15, 0.2) is 29.6 Å². The summed E-state index contributed by atoms with van der Waals surface area (Å²) >= 11 is 1.05. The number of unbranched alkanes of at least 4 members (excludes halogenated alkanes) is 1. The van der Waals surface area contributed by atoms with Crippen LogP contribution < -0.4 is 27.0 Å². The number of carboxylic acids is 2. The highest BCUT2D eigenvalue weighted by molar-refractivity contribution is 7.09. The number of thiazole rings is 1. The number of rotatable bonds is 35. The number of carboxylic acid groups (broad SMARTS) is 2. The van der Waals surface area contributed by atoms with E-state index in [1.54, 1.807) is 24.3 Å². The molecule has 2 aromatic rings. The smallest absolute Gasteiger partial charge is 0.309 e. The number of ketones is 2. The van der Waals surface area contributed by atoms with Crippen LogP contribution in [-0.2, 0) is 59.1 Å². The van der Waals surface area contributed by atoms with Crippen LogP contribution in [0.4, 0.5) is 5.69 Å². The molecular weight excluding hydrogens is 1040 g/mol. The molecule has 0 bridgehead atoms. The first-order chi connectivity index (χ1) is 37.3. The Kier molecular flexibility index (Phi) is 27.9. The number of benzene rings is 1. The SMILES string of the molecule is C#CCCCON(C(=O)[C@@H](NC(=O)[C@H]1CCCCN1C)[C@@H](C)CC)[C@H](C[C@@H](OC(C)=O)c1nc(C(=O)N[C@@H](Cc2ccc(NC(=O)[C@H](CCC(=O)O)CC(=O)CNC(=O)CCC(=O)CN)cc2)CC(C)(C)C(=O)O)cs1)C(C)C. The number of amides is 5. The highest BCUT2D eigenvalue weighted by Crippen LogP contribution is 2.33. The molecule has 0 aliphatic carbocycles. The first-order valence-electron chi connectivity index (χ1n) is 27.0. The van der Waals surface area contributed by atoms with Crippen LogP contribution in [0.5, 0.6) is 0 Å². The molecule has 23 heteroatoms. The van der Waals surface area contributed by atoms with Crippen molar-refractivity contribution in [2.24, 2.45) is 28.9 Å². The molecule has 0 unspecified atom stereocenters. The monoisotopic (exact) mass is 1120 g/mol. The van der Waals surface area contributed by atoms with Crippen molar-refractivity contribution in [3.63, 3.8) is 0 Å². The fourth-order valence-corrected chi connectivity index (χ4v) is 9.77. The number of ether oxygens (including phenoxy) is 1. The van der Waals surface area contributed by atoms with Crippen LogP contribution in [-0.4, -0.2) is 142 Å². The Morgan fingerprint density at radius 3 is 2.28 bits per heavy atom. The number of terminal acetylenes is 1. The summed E-state index contributed by atoms with van der Waals surface area (Å²) in [5.41, 5.74) is 4.85. The number of aliphatic carboxylic acids is 2. The van der Waals surface area contributed by atoms with E-state index in [1.165, 1.54) is 31.2 Å². The summed E-state index contributed by atoms with van der Waals surface area (Å²) in [6.07, 6.45) is 7.26. The third-order valence-corrected chi connectivity index (χ3v) is 14.8. The van der Waals surface area contributed by atoms with Gasteiger partial charge in [0.05, 0.1) is 37.2 Å². The van der Waals surface area contributed by atoms with E-state index in [-0.39, 0.29) is 92.3 Å². The summed E-state index contributed by atoms with van der Waals surface area (Å²) in [5.74, 6) is -5.41. The van der Waals surface area contributed by atoms with Crippen molar-refractivity contribution in [2.45, 2.75) is 169 Å². The molecule has 436 valence electrons. The lowest BCUT2D eigenvalue weighted by atomic mass is 9.84. The molecule has 79 heavy (non-hydrogen) atoms. The van der Waals surface area contributed by atoms with Gasteiger partial charge in [0.1, 0.15) is 22.5 Å². The number of aromatic nitrogens is 1. The average molecular weight is 1120 g/mol. The summed E-state index contributed by atoms with van der Waals surface area (Å²) in [6.45, 7) is 12.1. The first-order valence-corrected chi connectivity index (χ1v) is 27.9. The van der Waals surface area contributed by atoms with Gasteiger partial charge in [0.15, 0.2) is 11.9 Å². The predicted molar refractivity (Wildman–Crippen MR) is 295 cm³/mol. The lowest BCUT2D eigenvalue weighted by Crippen LogP contribution is -2.58. The second-order valence-corrected chi connectivity index (χ2v) is 22.1. The van der Waals surface area contributed by atoms with Gasteiger partial charge in [-0.15, -0.1) is 23.7 Å². The molecule has 1 aromatic heterocycles. The van der Waals surface area contributed by atoms with E-state index in [2.05, 4.69) is 32.2 Å². The Hall–Kier alpha value is -6.61. The second kappa shape index (κ2) is 33.1. The van der Waals surface area contributed by atoms with Gasteiger partial charge in [-0.1, -0.05) is 52.7 Å². The highest BCUT2D eigenvalue weighted by atomic mass is 32.1. The molecule has 3 rings (SSSR count). The van der Waals surface area contributed by atoms with Crippen molar-refractivity contribution in [2.75, 3.05) is 38.6 Å². The van der Waals surface area contributed by atoms with Gasteiger partial charge in [-0.25, -0.2) is 10.0 Å². The van der Waals surface area contributed by atoms with E-state index >= 15 is 0 Å². The van der Waals surface area contributed by atoms with E-state index in [4.69, 9.17) is 21.7 Å². The highest BCUT2D eigenvalue weighted by Gasteiger charge is 2.40. The topological polar surface area (TPSA) is 323 Å². The number of nitrogens with two attached hydrogens (primary N) is 1. The first kappa shape index (κ1) is 66.7. The summed E-state index contributed by atoms with van der Waals surface area (Å²) in [4.78, 5) is 142. The molecule has 8 N–H and O–H groups in total. The number of esters is 1. The molecule has 5 amide bonds. The minimum Gasteiger partial charge on any atom is -0.481 e. The Morgan fingerprint density at radius 2 is 1.68 bits per heavy atom. The van der Waals surface area contributed by atoms with Gasteiger partial charge in [-0.2, -0.15) is 0 Å². The number of hydroxylamine groups is 2. The standard InChI is InChI=1S/C56H82N8O14S/c1-10-12-15-26-77-64(54(74)49(35(5)11-2)62-52(73)44-16-13-14-25-63(44)9)45(34(3)4)29-46(78-36(6)65)53-61-43(33-79-53)51(72)60-40(30-56(7,8)55(75)76)27-37-17-20-39(21-18-37)59-50(71)38(19-24-48(69)70)28-42(67)32-58-47(68)23-22-41(66)31-57/h1,17-18,20-21,33-35,38,40,44-46,49H,11-16,19,22-32,57H2,2-9H3,(H,58,68)(H,59,71)(H,60,72)(H,62,73)(H,69,70)(H,75,76)/t35-,38+,40-,44+,45+,46+,49-/m0/s1. The number of hydrogen-bond acceptors (Lipinski definition) is 16. The number of likely N-dealkylation sites (N-methyl/N-ethyl adjacent to an activating group) is 1. The fraction of sp³-hybridized carbons (Fsp3) is 0.625. The molecule has 7 atom stereocenters. The lowest BCUT2D eigenvalue weighted by Gasteiger charge is -2.39. The molecule has 0 spiro atoms. The average Bonchev–Trinajstić information content (AvgIpc) is 3.91. The minimum atomic E-state index is -1.31. The zero-order valence-electron chi connectivity index (χ0n) is 46.9. The molecule has 1 fully saturated rings. The van der Waals surface area contributed by atoms with E-state index in [0.29, 0.717) is 36.9 Å². The zero-order valence-corrected chi connectivity index (χ0v) is 47.7. The van der Waals surface area contributed by atoms with E-state index in [1.807, 2.05) is 39.6 Å². The molecule has 0 saturated carbocycles. The Bertz CT molecular complexity index is 2460. The summed E-state index contributed by atoms with van der Waals surface area (Å²) < 4.78 is 5.87. The molecule has 0 radical (unpaired) electrons. The van der Waals surface area contributed by atoms with Gasteiger partial charge in [-0.3, -0.25) is 57.7 Å². The minimum absolute atomic E-state index is 0.00697. The molecule has 1 aromatic carbocycles. The number of nitrogens with one attached hydrogen (secondary N) is 4. The maximum atomic E-state index is 14.8. The number of carbonyl (C=O) groups is 10. The van der Waals surface area contributed by atoms with Crippen molar-refractivity contribution in [3.8, 4) is 12.3 Å². The van der Waals surface area contributed by atoms with Crippen molar-refractivity contribution < 1.29 is 67.7 Å². The predicted octanol–water partition coefficient (Wildman–Crippen LogP) is 5.00. The summed E-state index contributed by atoms with van der Waals surface area (Å²) in [5, 5.41) is 33.5. The van der Waals surface area contributed by atoms with Crippen LogP contribution in [0.2, 0.25) is 0 Å². The molecular formula is C56H82N8O14S. The maximum Gasteiger partial charge on any atom is 0.309 e. The van der Waals surface area contributed by atoms with E-state index in [9.17, 15) is 58.2 Å². The van der Waals surface area contributed by atoms with Crippen molar-refractivity contribution in [1.82, 2.24) is 30.9 Å². The van der Waals surface area contributed by atoms with Crippen LogP contribution in [0.3, 0.4) is 0 Å². The van der Waals surface area contributed by atoms with Gasteiger partial charge in [-0.05, 0) is 95.5 Å². The third kappa shape index (κ3) is 22.6. The quantitative estimate of drug-likeness (QED) is 0.0207. The van der Waals surface area contributed by atoms with E-state index < -0.39 is 102 Å². The van der Waals surface area contributed by atoms with Crippen LogP contribution in [0.1, 0.15) is 159 Å². The van der Waals surface area contributed by atoms with E-state index in [0.717, 1.165) is 30.7 Å². The largest absolute Gasteiger partial charge is 0.481 e. The third-order valence-electron chi connectivity index (χ3n) is 13.9. The number of nitrogens with zero attached hydrogens (tertiary/aromatic N) is 3. The van der Waals surface area contributed by atoms with Gasteiger partial charge in [0.25, 0.3) is 11.8 Å².